The Morgan fingerprint density at radius 3 is 2.74 bits per heavy atom. The van der Waals surface area contributed by atoms with E-state index in [9.17, 15) is 0 Å². The molecule has 19 heavy (non-hydrogen) atoms. The van der Waals surface area contributed by atoms with E-state index < -0.39 is 0 Å². The van der Waals surface area contributed by atoms with Crippen LogP contribution in [0.1, 0.15) is 23.9 Å². The molecule has 0 aliphatic rings. The Balaban J connectivity index is 2.19. The van der Waals surface area contributed by atoms with Gasteiger partial charge in [-0.05, 0) is 25.5 Å². The van der Waals surface area contributed by atoms with Gasteiger partial charge in [0.2, 0.25) is 0 Å². The van der Waals surface area contributed by atoms with E-state index in [1.165, 1.54) is 0 Å². The average Bonchev–Trinajstić information content (AvgIpc) is 2.72. The minimum atomic E-state index is 0.489. The van der Waals surface area contributed by atoms with E-state index in [2.05, 4.69) is 17.3 Å². The maximum absolute atomic E-state index is 6.28. The van der Waals surface area contributed by atoms with Crippen molar-refractivity contribution in [3.05, 3.63) is 46.2 Å². The highest BCUT2D eigenvalue weighted by Crippen LogP contribution is 2.23. The van der Waals surface area contributed by atoms with Crippen molar-refractivity contribution in [3.63, 3.8) is 0 Å². The number of anilines is 1. The molecule has 1 aromatic carbocycles. The lowest BCUT2D eigenvalue weighted by molar-refractivity contribution is 0.623. The summed E-state index contributed by atoms with van der Waals surface area (Å²) in [6, 6.07) is 8.00. The van der Waals surface area contributed by atoms with Crippen molar-refractivity contribution in [1.29, 1.82) is 0 Å². The maximum Gasteiger partial charge on any atom is 0.0865 e. The summed E-state index contributed by atoms with van der Waals surface area (Å²) >= 11 is 12.2. The van der Waals surface area contributed by atoms with Crippen LogP contribution in [0, 0.1) is 6.92 Å². The molecule has 0 saturated carbocycles. The Hall–Kier alpha value is -1.19. The minimum absolute atomic E-state index is 0.489. The van der Waals surface area contributed by atoms with Gasteiger partial charge in [0.1, 0.15) is 0 Å². The van der Waals surface area contributed by atoms with Gasteiger partial charge in [-0.3, -0.25) is 4.68 Å². The smallest absolute Gasteiger partial charge is 0.0865 e. The summed E-state index contributed by atoms with van der Waals surface area (Å²) in [5.74, 6) is 0.489. The normalized spacial score (nSPS) is 10.7. The molecule has 0 fully saturated rings. The first-order valence-electron chi connectivity index (χ1n) is 6.26. The van der Waals surface area contributed by atoms with Gasteiger partial charge in [0, 0.05) is 18.1 Å². The molecule has 0 spiro atoms. The van der Waals surface area contributed by atoms with Gasteiger partial charge >= 0.3 is 0 Å². The standard InChI is InChI=1S/C14H17Cl2N3/c1-3-19-13(14(16)10(2)18-19)9-17-12-7-5-4-6-11(12)8-15/h4-7,17H,3,8-9H2,1-2H3. The summed E-state index contributed by atoms with van der Waals surface area (Å²) in [4.78, 5) is 0. The molecule has 1 N–H and O–H groups in total. The fourth-order valence-electron chi connectivity index (χ4n) is 2.03. The van der Waals surface area contributed by atoms with Crippen molar-refractivity contribution in [3.8, 4) is 0 Å². The molecular weight excluding hydrogens is 281 g/mol. The molecule has 3 nitrogen and oxygen atoms in total. The highest BCUT2D eigenvalue weighted by Gasteiger charge is 2.12. The van der Waals surface area contributed by atoms with Crippen molar-refractivity contribution in [2.75, 3.05) is 5.32 Å². The molecule has 0 aliphatic carbocycles. The lowest BCUT2D eigenvalue weighted by atomic mass is 10.2. The number of hydrogen-bond donors (Lipinski definition) is 1. The van der Waals surface area contributed by atoms with Gasteiger partial charge in [-0.25, -0.2) is 0 Å². The number of halogens is 2. The Morgan fingerprint density at radius 2 is 2.05 bits per heavy atom. The van der Waals surface area contributed by atoms with Crippen molar-refractivity contribution in [1.82, 2.24) is 9.78 Å². The zero-order valence-corrected chi connectivity index (χ0v) is 12.6. The first-order chi connectivity index (χ1) is 9.17. The number of alkyl halides is 1. The molecule has 0 saturated heterocycles. The van der Waals surface area contributed by atoms with Crippen molar-refractivity contribution >= 4 is 28.9 Å². The number of benzene rings is 1. The Morgan fingerprint density at radius 1 is 1.32 bits per heavy atom. The van der Waals surface area contributed by atoms with Crippen molar-refractivity contribution in [2.24, 2.45) is 0 Å². The predicted molar refractivity (Wildman–Crippen MR) is 81.0 cm³/mol. The van der Waals surface area contributed by atoms with E-state index in [-0.39, 0.29) is 0 Å². The Labute approximate surface area is 123 Å². The van der Waals surface area contributed by atoms with E-state index >= 15 is 0 Å². The summed E-state index contributed by atoms with van der Waals surface area (Å²) in [5, 5.41) is 8.52. The SMILES string of the molecule is CCn1nc(C)c(Cl)c1CNc1ccccc1CCl. The van der Waals surface area contributed by atoms with Gasteiger partial charge in [0.25, 0.3) is 0 Å². The molecule has 0 amide bonds. The lowest BCUT2D eigenvalue weighted by Gasteiger charge is -2.11. The monoisotopic (exact) mass is 297 g/mol. The summed E-state index contributed by atoms with van der Waals surface area (Å²) < 4.78 is 1.92. The molecular formula is C14H17Cl2N3. The van der Waals surface area contributed by atoms with Crippen LogP contribution in [0.2, 0.25) is 5.02 Å². The maximum atomic E-state index is 6.28. The van der Waals surface area contributed by atoms with Crippen LogP contribution in [0.3, 0.4) is 0 Å². The quantitative estimate of drug-likeness (QED) is 0.838. The van der Waals surface area contributed by atoms with Crippen LogP contribution in [0.5, 0.6) is 0 Å². The van der Waals surface area contributed by atoms with Crippen LogP contribution < -0.4 is 5.32 Å². The first kappa shape index (κ1) is 14.2. The topological polar surface area (TPSA) is 29.9 Å². The highest BCUT2D eigenvalue weighted by molar-refractivity contribution is 6.31. The second-order valence-corrected chi connectivity index (χ2v) is 4.95. The Bertz CT molecular complexity index is 564. The first-order valence-corrected chi connectivity index (χ1v) is 7.18. The molecule has 0 unspecified atom stereocenters. The van der Waals surface area contributed by atoms with Crippen molar-refractivity contribution in [2.45, 2.75) is 32.8 Å². The molecule has 1 aromatic heterocycles. The second-order valence-electron chi connectivity index (χ2n) is 4.31. The van der Waals surface area contributed by atoms with Crippen LogP contribution in [0.25, 0.3) is 0 Å². The van der Waals surface area contributed by atoms with E-state index in [0.717, 1.165) is 34.2 Å². The van der Waals surface area contributed by atoms with Gasteiger partial charge in [0.05, 0.1) is 23.0 Å². The van der Waals surface area contributed by atoms with Crippen LogP contribution >= 0.6 is 23.2 Å². The lowest BCUT2D eigenvalue weighted by Crippen LogP contribution is -2.09. The molecule has 1 heterocycles. The number of nitrogens with zero attached hydrogens (tertiary/aromatic N) is 2. The zero-order chi connectivity index (χ0) is 13.8. The van der Waals surface area contributed by atoms with Gasteiger partial charge in [-0.15, -0.1) is 11.6 Å². The predicted octanol–water partition coefficient (Wildman–Crippen LogP) is 4.22. The third kappa shape index (κ3) is 3.04. The number of para-hydroxylation sites is 1. The number of aromatic nitrogens is 2. The van der Waals surface area contributed by atoms with Crippen LogP contribution in [-0.4, -0.2) is 9.78 Å². The molecule has 2 aromatic rings. The third-order valence-corrected chi connectivity index (χ3v) is 3.84. The van der Waals surface area contributed by atoms with Crippen LogP contribution in [0.15, 0.2) is 24.3 Å². The van der Waals surface area contributed by atoms with E-state index in [0.29, 0.717) is 12.4 Å². The molecule has 0 bridgehead atoms. The highest BCUT2D eigenvalue weighted by atomic mass is 35.5. The molecule has 5 heteroatoms. The number of hydrogen-bond acceptors (Lipinski definition) is 2. The number of aryl methyl sites for hydroxylation is 2. The largest absolute Gasteiger partial charge is 0.379 e. The van der Waals surface area contributed by atoms with Gasteiger partial charge < -0.3 is 5.32 Å². The van der Waals surface area contributed by atoms with Crippen LogP contribution in [0.4, 0.5) is 5.69 Å². The fourth-order valence-corrected chi connectivity index (χ4v) is 2.46. The molecule has 0 atom stereocenters. The fraction of sp³-hybridized carbons (Fsp3) is 0.357. The van der Waals surface area contributed by atoms with Crippen molar-refractivity contribution < 1.29 is 0 Å². The molecule has 102 valence electrons. The minimum Gasteiger partial charge on any atom is -0.379 e. The second kappa shape index (κ2) is 6.31. The Kier molecular flexibility index (Phi) is 4.72. The van der Waals surface area contributed by atoms with Crippen LogP contribution in [-0.2, 0) is 19.0 Å². The number of rotatable bonds is 5. The van der Waals surface area contributed by atoms with E-state index in [1.807, 2.05) is 35.9 Å². The summed E-state index contributed by atoms with van der Waals surface area (Å²) in [6.45, 7) is 5.42. The van der Waals surface area contributed by atoms with E-state index in [1.54, 1.807) is 0 Å². The molecule has 0 radical (unpaired) electrons. The summed E-state index contributed by atoms with van der Waals surface area (Å²) in [5.41, 5.74) is 3.99. The van der Waals surface area contributed by atoms with Gasteiger partial charge in [-0.1, -0.05) is 29.8 Å². The summed E-state index contributed by atoms with van der Waals surface area (Å²) in [7, 11) is 0. The van der Waals surface area contributed by atoms with E-state index in [4.69, 9.17) is 23.2 Å². The number of nitrogens with one attached hydrogen (secondary N) is 1. The molecule has 2 rings (SSSR count). The molecule has 0 aliphatic heterocycles. The summed E-state index contributed by atoms with van der Waals surface area (Å²) in [6.07, 6.45) is 0. The third-order valence-electron chi connectivity index (χ3n) is 3.06. The average molecular weight is 298 g/mol. The van der Waals surface area contributed by atoms with Gasteiger partial charge in [0.15, 0.2) is 0 Å². The van der Waals surface area contributed by atoms with Gasteiger partial charge in [-0.2, -0.15) is 5.10 Å². The zero-order valence-electron chi connectivity index (χ0n) is 11.1.